The third kappa shape index (κ3) is 3.72. The molecule has 1 aromatic carbocycles. The van der Waals surface area contributed by atoms with Crippen LogP contribution in [0.25, 0.3) is 0 Å². The van der Waals surface area contributed by atoms with E-state index in [2.05, 4.69) is 5.32 Å². The Hall–Kier alpha value is -2.08. The van der Waals surface area contributed by atoms with Crippen LogP contribution in [-0.2, 0) is 20.7 Å². The van der Waals surface area contributed by atoms with Gasteiger partial charge < -0.3 is 19.9 Å². The second-order valence-corrected chi connectivity index (χ2v) is 5.07. The maximum atomic E-state index is 12.1. The first-order valence-electron chi connectivity index (χ1n) is 6.81. The number of benzene rings is 1. The van der Waals surface area contributed by atoms with E-state index in [1.807, 2.05) is 0 Å². The number of hydrogen-bond donors (Lipinski definition) is 2. The molecule has 0 unspecified atom stereocenters. The lowest BCUT2D eigenvalue weighted by atomic mass is 9.90. The SMILES string of the molecule is COc1ccc(CC(=O)NC2(C(=O)O)CCOCC2)cc1. The molecule has 0 radical (unpaired) electrons. The smallest absolute Gasteiger partial charge is 0.329 e. The van der Waals surface area contributed by atoms with Gasteiger partial charge >= 0.3 is 5.97 Å². The van der Waals surface area contributed by atoms with E-state index in [0.717, 1.165) is 5.56 Å². The molecule has 1 aliphatic heterocycles. The second-order valence-electron chi connectivity index (χ2n) is 5.07. The number of aliphatic carboxylic acids is 1. The van der Waals surface area contributed by atoms with Crippen molar-refractivity contribution in [3.8, 4) is 5.75 Å². The summed E-state index contributed by atoms with van der Waals surface area (Å²) in [6.45, 7) is 0.685. The van der Waals surface area contributed by atoms with Gasteiger partial charge in [-0.25, -0.2) is 4.79 Å². The molecule has 0 spiro atoms. The third-order valence-electron chi connectivity index (χ3n) is 3.66. The van der Waals surface area contributed by atoms with Gasteiger partial charge in [0, 0.05) is 26.1 Å². The van der Waals surface area contributed by atoms with Gasteiger partial charge in [0.05, 0.1) is 13.5 Å². The van der Waals surface area contributed by atoms with E-state index in [1.54, 1.807) is 31.4 Å². The van der Waals surface area contributed by atoms with Crippen LogP contribution in [0, 0.1) is 0 Å². The summed E-state index contributed by atoms with van der Waals surface area (Å²) < 4.78 is 10.2. The minimum atomic E-state index is -1.21. The predicted molar refractivity (Wildman–Crippen MR) is 75.3 cm³/mol. The summed E-state index contributed by atoms with van der Waals surface area (Å²) in [7, 11) is 1.57. The van der Waals surface area contributed by atoms with E-state index in [-0.39, 0.29) is 25.2 Å². The lowest BCUT2D eigenvalue weighted by Gasteiger charge is -2.33. The maximum Gasteiger partial charge on any atom is 0.329 e. The van der Waals surface area contributed by atoms with Gasteiger partial charge in [-0.2, -0.15) is 0 Å². The highest BCUT2D eigenvalue weighted by Crippen LogP contribution is 2.21. The monoisotopic (exact) mass is 293 g/mol. The molecule has 0 aromatic heterocycles. The van der Waals surface area contributed by atoms with Crippen LogP contribution in [0.15, 0.2) is 24.3 Å². The number of carbonyl (C=O) groups is 2. The molecule has 2 rings (SSSR count). The molecular weight excluding hydrogens is 274 g/mol. The summed E-state index contributed by atoms with van der Waals surface area (Å²) in [4.78, 5) is 23.6. The van der Waals surface area contributed by atoms with Crippen molar-refractivity contribution in [1.82, 2.24) is 5.32 Å². The molecule has 1 aliphatic rings. The zero-order chi connectivity index (χ0) is 15.3. The van der Waals surface area contributed by atoms with Crippen LogP contribution in [0.1, 0.15) is 18.4 Å². The van der Waals surface area contributed by atoms with Crippen LogP contribution in [-0.4, -0.2) is 42.8 Å². The van der Waals surface area contributed by atoms with Gasteiger partial charge in [0.15, 0.2) is 0 Å². The molecule has 1 saturated heterocycles. The molecule has 1 aromatic rings. The van der Waals surface area contributed by atoms with Crippen LogP contribution < -0.4 is 10.1 Å². The number of rotatable bonds is 5. The molecule has 1 amide bonds. The maximum absolute atomic E-state index is 12.1. The summed E-state index contributed by atoms with van der Waals surface area (Å²) in [6, 6.07) is 7.11. The zero-order valence-corrected chi connectivity index (χ0v) is 11.9. The Kier molecular flexibility index (Phi) is 4.80. The quantitative estimate of drug-likeness (QED) is 0.845. The number of carboxylic acid groups (broad SMARTS) is 1. The number of ether oxygens (including phenoxy) is 2. The molecular formula is C15H19NO5. The summed E-state index contributed by atoms with van der Waals surface area (Å²) in [6.07, 6.45) is 0.716. The van der Waals surface area contributed by atoms with E-state index in [1.165, 1.54) is 0 Å². The van der Waals surface area contributed by atoms with Crippen molar-refractivity contribution >= 4 is 11.9 Å². The molecule has 0 bridgehead atoms. The number of amides is 1. The Balaban J connectivity index is 2.00. The van der Waals surface area contributed by atoms with Crippen molar-refractivity contribution in [1.29, 1.82) is 0 Å². The standard InChI is InChI=1S/C15H19NO5/c1-20-12-4-2-11(3-5-12)10-13(17)16-15(14(18)19)6-8-21-9-7-15/h2-5H,6-10H2,1H3,(H,16,17)(H,18,19). The summed E-state index contributed by atoms with van der Waals surface area (Å²) in [5.41, 5.74) is -0.400. The van der Waals surface area contributed by atoms with Crippen LogP contribution >= 0.6 is 0 Å². The summed E-state index contributed by atoms with van der Waals surface area (Å²) in [5.74, 6) is -0.594. The van der Waals surface area contributed by atoms with Crippen molar-refractivity contribution in [2.24, 2.45) is 0 Å². The molecule has 1 heterocycles. The molecule has 114 valence electrons. The van der Waals surface area contributed by atoms with Gasteiger partial charge in [-0.3, -0.25) is 4.79 Å². The lowest BCUT2D eigenvalue weighted by molar-refractivity contribution is -0.152. The molecule has 6 nitrogen and oxygen atoms in total. The molecule has 6 heteroatoms. The Morgan fingerprint density at radius 2 is 1.90 bits per heavy atom. The van der Waals surface area contributed by atoms with E-state index >= 15 is 0 Å². The Morgan fingerprint density at radius 1 is 1.29 bits per heavy atom. The average molecular weight is 293 g/mol. The van der Waals surface area contributed by atoms with E-state index < -0.39 is 11.5 Å². The Labute approximate surface area is 123 Å². The number of carboxylic acids is 1. The molecule has 21 heavy (non-hydrogen) atoms. The number of carbonyl (C=O) groups excluding carboxylic acids is 1. The first kappa shape index (κ1) is 15.3. The van der Waals surface area contributed by atoms with Gasteiger partial charge in [-0.1, -0.05) is 12.1 Å². The minimum Gasteiger partial charge on any atom is -0.497 e. The topological polar surface area (TPSA) is 84.9 Å². The lowest BCUT2D eigenvalue weighted by Crippen LogP contribution is -2.57. The normalized spacial score (nSPS) is 17.0. The second kappa shape index (κ2) is 6.58. The summed E-state index contributed by atoms with van der Waals surface area (Å²) in [5, 5.41) is 12.0. The van der Waals surface area contributed by atoms with Crippen LogP contribution in [0.3, 0.4) is 0 Å². The molecule has 1 fully saturated rings. The van der Waals surface area contributed by atoms with Crippen molar-refractivity contribution < 1.29 is 24.2 Å². The Bertz CT molecular complexity index is 505. The first-order chi connectivity index (χ1) is 10.1. The van der Waals surface area contributed by atoms with Crippen LogP contribution in [0.4, 0.5) is 0 Å². The molecule has 2 N–H and O–H groups in total. The molecule has 0 saturated carbocycles. The Morgan fingerprint density at radius 3 is 2.43 bits per heavy atom. The predicted octanol–water partition coefficient (Wildman–Crippen LogP) is 0.988. The molecule has 0 atom stereocenters. The molecule has 0 aliphatic carbocycles. The first-order valence-corrected chi connectivity index (χ1v) is 6.81. The largest absolute Gasteiger partial charge is 0.497 e. The fourth-order valence-electron chi connectivity index (χ4n) is 2.35. The third-order valence-corrected chi connectivity index (χ3v) is 3.66. The van der Waals surface area contributed by atoms with Gasteiger partial charge in [0.2, 0.25) is 5.91 Å². The van der Waals surface area contributed by atoms with Crippen LogP contribution in [0.5, 0.6) is 5.75 Å². The van der Waals surface area contributed by atoms with E-state index in [0.29, 0.717) is 19.0 Å². The van der Waals surface area contributed by atoms with Crippen molar-refractivity contribution in [3.05, 3.63) is 29.8 Å². The summed E-state index contributed by atoms with van der Waals surface area (Å²) >= 11 is 0. The fourth-order valence-corrected chi connectivity index (χ4v) is 2.35. The highest BCUT2D eigenvalue weighted by atomic mass is 16.5. The zero-order valence-electron chi connectivity index (χ0n) is 11.9. The average Bonchev–Trinajstić information content (AvgIpc) is 2.48. The van der Waals surface area contributed by atoms with E-state index in [9.17, 15) is 14.7 Å². The van der Waals surface area contributed by atoms with Crippen molar-refractivity contribution in [3.63, 3.8) is 0 Å². The van der Waals surface area contributed by atoms with Crippen molar-refractivity contribution in [2.45, 2.75) is 24.8 Å². The van der Waals surface area contributed by atoms with E-state index in [4.69, 9.17) is 9.47 Å². The van der Waals surface area contributed by atoms with Crippen LogP contribution in [0.2, 0.25) is 0 Å². The van der Waals surface area contributed by atoms with Gasteiger partial charge in [-0.15, -0.1) is 0 Å². The van der Waals surface area contributed by atoms with Gasteiger partial charge in [0.1, 0.15) is 11.3 Å². The minimum absolute atomic E-state index is 0.139. The highest BCUT2D eigenvalue weighted by molar-refractivity contribution is 5.88. The fraction of sp³-hybridized carbons (Fsp3) is 0.467. The van der Waals surface area contributed by atoms with Gasteiger partial charge in [-0.05, 0) is 17.7 Å². The van der Waals surface area contributed by atoms with Crippen molar-refractivity contribution in [2.75, 3.05) is 20.3 Å². The number of hydrogen-bond acceptors (Lipinski definition) is 4. The number of nitrogens with one attached hydrogen (secondary N) is 1. The van der Waals surface area contributed by atoms with Gasteiger partial charge in [0.25, 0.3) is 0 Å². The number of methoxy groups -OCH3 is 1. The highest BCUT2D eigenvalue weighted by Gasteiger charge is 2.41.